The molecule has 144 valence electrons. The number of nitrogens with zero attached hydrogens (tertiary/aromatic N) is 3. The normalized spacial score (nSPS) is 11.7. The number of nitrogens with one attached hydrogen (secondary N) is 2. The van der Waals surface area contributed by atoms with E-state index in [1.165, 1.54) is 0 Å². The van der Waals surface area contributed by atoms with Crippen LogP contribution in [0.1, 0.15) is 28.2 Å². The highest BCUT2D eigenvalue weighted by Gasteiger charge is 2.27. The smallest absolute Gasteiger partial charge is 0.382 e. The van der Waals surface area contributed by atoms with Gasteiger partial charge in [0, 0.05) is 12.3 Å². The number of imidazole rings is 1. The standard InChI is InChI=1S/C16H15F3N6O.4H2/c1-8-2-3-9-10(6-8)25-14(24-9)12-13(20)22-7-11(23-12)15(26)21-5-4-16(17,18)19;;;;/h2-3,6-7H,4-5H2,1H3,(H2,20,22)(H,21,26)(H,24,25);4*1H. The lowest BCUT2D eigenvalue weighted by Gasteiger charge is -2.08. The predicted octanol–water partition coefficient (Wildman–Crippen LogP) is 3.58. The van der Waals surface area contributed by atoms with Crippen molar-refractivity contribution in [2.24, 2.45) is 0 Å². The van der Waals surface area contributed by atoms with Gasteiger partial charge in [-0.2, -0.15) is 13.2 Å². The molecule has 2 heterocycles. The number of hydrogen-bond acceptors (Lipinski definition) is 5. The zero-order valence-corrected chi connectivity index (χ0v) is 13.7. The predicted molar refractivity (Wildman–Crippen MR) is 97.7 cm³/mol. The fourth-order valence-corrected chi connectivity index (χ4v) is 2.33. The number of H-pyrrole nitrogens is 1. The molecule has 0 aliphatic carbocycles. The summed E-state index contributed by atoms with van der Waals surface area (Å²) < 4.78 is 36.5. The number of hydrogen-bond donors (Lipinski definition) is 3. The number of fused-ring (bicyclic) bond motifs is 1. The third-order valence-electron chi connectivity index (χ3n) is 3.59. The van der Waals surface area contributed by atoms with Crippen LogP contribution in [-0.2, 0) is 0 Å². The van der Waals surface area contributed by atoms with Gasteiger partial charge in [0.1, 0.15) is 11.4 Å². The second-order valence-electron chi connectivity index (χ2n) is 5.72. The van der Waals surface area contributed by atoms with Crippen molar-refractivity contribution in [1.82, 2.24) is 25.3 Å². The van der Waals surface area contributed by atoms with Crippen LogP contribution >= 0.6 is 0 Å². The van der Waals surface area contributed by atoms with Gasteiger partial charge in [-0.25, -0.2) is 15.0 Å². The number of anilines is 1. The molecule has 0 saturated heterocycles. The van der Waals surface area contributed by atoms with Crippen molar-refractivity contribution < 1.29 is 23.7 Å². The summed E-state index contributed by atoms with van der Waals surface area (Å²) in [4.78, 5) is 27.4. The summed E-state index contributed by atoms with van der Waals surface area (Å²) in [7, 11) is 0. The van der Waals surface area contributed by atoms with E-state index in [1.807, 2.05) is 25.1 Å². The molecule has 0 spiro atoms. The van der Waals surface area contributed by atoms with E-state index >= 15 is 0 Å². The van der Waals surface area contributed by atoms with Crippen molar-refractivity contribution in [3.05, 3.63) is 35.7 Å². The molecule has 1 amide bonds. The molecule has 1 aromatic carbocycles. The first-order valence-corrected chi connectivity index (χ1v) is 7.67. The van der Waals surface area contributed by atoms with E-state index in [1.54, 1.807) is 0 Å². The Labute approximate surface area is 151 Å². The Kier molecular flexibility index (Phi) is 4.49. The SMILES string of the molecule is Cc1ccc2nc(-c3nc(C(=O)NCCC(F)(F)F)cnc3N)[nH]c2c1.[HH].[HH].[HH].[HH]. The van der Waals surface area contributed by atoms with E-state index in [0.717, 1.165) is 17.3 Å². The van der Waals surface area contributed by atoms with Gasteiger partial charge in [-0.1, -0.05) is 6.07 Å². The minimum atomic E-state index is -4.35. The summed E-state index contributed by atoms with van der Waals surface area (Å²) >= 11 is 0. The fourth-order valence-electron chi connectivity index (χ4n) is 2.33. The Hall–Kier alpha value is -3.17. The van der Waals surface area contributed by atoms with Gasteiger partial charge in [0.05, 0.1) is 23.7 Å². The molecule has 0 aliphatic heterocycles. The van der Waals surface area contributed by atoms with Gasteiger partial charge in [0.15, 0.2) is 11.6 Å². The summed E-state index contributed by atoms with van der Waals surface area (Å²) in [5, 5.41) is 2.15. The molecule has 10 heteroatoms. The fraction of sp³-hybridized carbons (Fsp3) is 0.250. The maximum absolute atomic E-state index is 12.2. The van der Waals surface area contributed by atoms with Crippen molar-refractivity contribution in [2.75, 3.05) is 12.3 Å². The van der Waals surface area contributed by atoms with Crippen LogP contribution in [0.5, 0.6) is 0 Å². The average Bonchev–Trinajstić information content (AvgIpc) is 2.96. The van der Waals surface area contributed by atoms with E-state index < -0.39 is 25.0 Å². The maximum atomic E-state index is 12.2. The van der Waals surface area contributed by atoms with Gasteiger partial charge >= 0.3 is 6.18 Å². The van der Waals surface area contributed by atoms with Crippen LogP contribution < -0.4 is 11.1 Å². The molecule has 2 aromatic heterocycles. The Bertz CT molecular complexity index is 983. The molecule has 0 bridgehead atoms. The minimum absolute atomic E-state index is 0. The summed E-state index contributed by atoms with van der Waals surface area (Å²) in [6.07, 6.45) is -4.37. The van der Waals surface area contributed by atoms with E-state index in [2.05, 4.69) is 25.3 Å². The molecule has 0 aliphatic rings. The monoisotopic (exact) mass is 372 g/mol. The summed E-state index contributed by atoms with van der Waals surface area (Å²) in [6, 6.07) is 5.61. The number of nitrogens with two attached hydrogens (primary N) is 1. The number of aromatic amines is 1. The molecule has 0 atom stereocenters. The number of nitrogen functional groups attached to an aromatic ring is 1. The zero-order valence-electron chi connectivity index (χ0n) is 13.7. The molecule has 0 fully saturated rings. The second-order valence-corrected chi connectivity index (χ2v) is 5.72. The number of alkyl halides is 3. The molecule has 26 heavy (non-hydrogen) atoms. The van der Waals surface area contributed by atoms with Gasteiger partial charge in [-0.3, -0.25) is 4.79 Å². The number of halogens is 3. The molecular weight excluding hydrogens is 349 g/mol. The third kappa shape index (κ3) is 3.90. The molecule has 3 rings (SSSR count). The van der Waals surface area contributed by atoms with Crippen LogP contribution in [0.3, 0.4) is 0 Å². The zero-order chi connectivity index (χ0) is 18.9. The Balaban J connectivity index is 0. The summed E-state index contributed by atoms with van der Waals surface area (Å²) in [5.41, 5.74) is 8.31. The minimum Gasteiger partial charge on any atom is -0.382 e. The van der Waals surface area contributed by atoms with Crippen molar-refractivity contribution in [1.29, 1.82) is 0 Å². The first kappa shape index (κ1) is 17.6. The number of amides is 1. The summed E-state index contributed by atoms with van der Waals surface area (Å²) in [5.74, 6) is -0.400. The van der Waals surface area contributed by atoms with Crippen LogP contribution in [-0.4, -0.2) is 38.6 Å². The van der Waals surface area contributed by atoms with Crippen molar-refractivity contribution in [3.63, 3.8) is 0 Å². The lowest BCUT2D eigenvalue weighted by Crippen LogP contribution is -2.28. The molecule has 0 saturated carbocycles. The Morgan fingerprint density at radius 2 is 2.12 bits per heavy atom. The topological polar surface area (TPSA) is 110 Å². The first-order chi connectivity index (χ1) is 12.2. The molecular formula is C16H23F3N6O. The molecule has 0 radical (unpaired) electrons. The number of aromatic nitrogens is 4. The molecule has 0 unspecified atom stereocenters. The van der Waals surface area contributed by atoms with Crippen LogP contribution in [0.4, 0.5) is 19.0 Å². The highest BCUT2D eigenvalue weighted by atomic mass is 19.4. The van der Waals surface area contributed by atoms with Crippen molar-refractivity contribution in [3.8, 4) is 11.5 Å². The average molecular weight is 372 g/mol. The van der Waals surface area contributed by atoms with Crippen LogP contribution in [0.2, 0.25) is 0 Å². The quantitative estimate of drug-likeness (QED) is 0.648. The van der Waals surface area contributed by atoms with E-state index in [-0.39, 0.29) is 22.9 Å². The third-order valence-corrected chi connectivity index (χ3v) is 3.59. The summed E-state index contributed by atoms with van der Waals surface area (Å²) in [6.45, 7) is 1.38. The Morgan fingerprint density at radius 1 is 1.35 bits per heavy atom. The first-order valence-electron chi connectivity index (χ1n) is 7.67. The molecule has 3 aromatic rings. The molecule has 4 N–H and O–H groups in total. The number of aryl methyl sites for hydroxylation is 1. The van der Waals surface area contributed by atoms with Crippen LogP contribution in [0.25, 0.3) is 22.6 Å². The van der Waals surface area contributed by atoms with E-state index in [9.17, 15) is 18.0 Å². The van der Waals surface area contributed by atoms with Gasteiger partial charge < -0.3 is 16.0 Å². The number of benzene rings is 1. The highest BCUT2D eigenvalue weighted by Crippen LogP contribution is 2.23. The van der Waals surface area contributed by atoms with Gasteiger partial charge in [0.2, 0.25) is 0 Å². The van der Waals surface area contributed by atoms with Gasteiger partial charge in [-0.15, -0.1) is 0 Å². The van der Waals surface area contributed by atoms with E-state index in [0.29, 0.717) is 11.3 Å². The van der Waals surface area contributed by atoms with Crippen molar-refractivity contribution >= 4 is 22.8 Å². The number of carbonyl (C=O) groups is 1. The Morgan fingerprint density at radius 3 is 2.85 bits per heavy atom. The lowest BCUT2D eigenvalue weighted by atomic mass is 10.2. The number of rotatable bonds is 4. The van der Waals surface area contributed by atoms with Gasteiger partial charge in [-0.05, 0) is 24.6 Å². The lowest BCUT2D eigenvalue weighted by molar-refractivity contribution is -0.132. The maximum Gasteiger partial charge on any atom is 0.390 e. The highest BCUT2D eigenvalue weighted by molar-refractivity contribution is 5.93. The van der Waals surface area contributed by atoms with Crippen LogP contribution in [0, 0.1) is 6.92 Å². The number of carbonyl (C=O) groups excluding carboxylic acids is 1. The van der Waals surface area contributed by atoms with Crippen molar-refractivity contribution in [2.45, 2.75) is 19.5 Å². The van der Waals surface area contributed by atoms with Crippen LogP contribution in [0.15, 0.2) is 24.4 Å². The second kappa shape index (κ2) is 6.62. The molecule has 7 nitrogen and oxygen atoms in total. The van der Waals surface area contributed by atoms with Gasteiger partial charge in [0.25, 0.3) is 5.91 Å². The van der Waals surface area contributed by atoms with E-state index in [4.69, 9.17) is 5.73 Å². The largest absolute Gasteiger partial charge is 0.390 e.